The lowest BCUT2D eigenvalue weighted by Gasteiger charge is -2.28. The quantitative estimate of drug-likeness (QED) is 0.384. The fraction of sp³-hybridized carbons (Fsp3) is 0.200. The van der Waals surface area contributed by atoms with Crippen LogP contribution in [0.4, 0.5) is 0 Å². The summed E-state index contributed by atoms with van der Waals surface area (Å²) in [5.74, 6) is 0.891. The molecule has 4 nitrogen and oxygen atoms in total. The standard InChI is InChI=1S/C25H26N4S/c1-19-12-10-11-17-22(19)24-26-29(25(30)28(24)3)18-27(2)23(20-13-6-4-7-14-20)21-15-8-5-9-16-21/h4-17,23H,18H2,1-3H3. The van der Waals surface area contributed by atoms with Gasteiger partial charge in [0, 0.05) is 12.6 Å². The lowest BCUT2D eigenvalue weighted by molar-refractivity contribution is 0.208. The van der Waals surface area contributed by atoms with Gasteiger partial charge in [0.05, 0.1) is 12.7 Å². The highest BCUT2D eigenvalue weighted by Gasteiger charge is 2.21. The number of aromatic nitrogens is 3. The number of hydrogen-bond acceptors (Lipinski definition) is 3. The largest absolute Gasteiger partial charge is 0.303 e. The highest BCUT2D eigenvalue weighted by atomic mass is 32.1. The molecular formula is C25H26N4S. The van der Waals surface area contributed by atoms with Crippen molar-refractivity contribution in [2.45, 2.75) is 19.6 Å². The van der Waals surface area contributed by atoms with E-state index in [1.54, 1.807) is 0 Å². The zero-order chi connectivity index (χ0) is 21.1. The minimum absolute atomic E-state index is 0.109. The van der Waals surface area contributed by atoms with Gasteiger partial charge in [0.25, 0.3) is 0 Å². The highest BCUT2D eigenvalue weighted by molar-refractivity contribution is 7.71. The number of hydrogen-bond donors (Lipinski definition) is 0. The fourth-order valence-electron chi connectivity index (χ4n) is 3.90. The first-order valence-electron chi connectivity index (χ1n) is 10.1. The van der Waals surface area contributed by atoms with Crippen LogP contribution in [0.25, 0.3) is 11.4 Å². The molecule has 0 unspecified atom stereocenters. The van der Waals surface area contributed by atoms with Crippen molar-refractivity contribution in [1.82, 2.24) is 19.2 Å². The average molecular weight is 415 g/mol. The topological polar surface area (TPSA) is 26.0 Å². The maximum Gasteiger partial charge on any atom is 0.199 e. The molecule has 0 fully saturated rings. The van der Waals surface area contributed by atoms with Crippen LogP contribution in [0.3, 0.4) is 0 Å². The van der Waals surface area contributed by atoms with Crippen LogP contribution < -0.4 is 0 Å². The summed E-state index contributed by atoms with van der Waals surface area (Å²) < 4.78 is 4.61. The molecule has 0 atom stereocenters. The minimum Gasteiger partial charge on any atom is -0.303 e. The molecule has 152 valence electrons. The molecule has 1 aromatic heterocycles. The molecular weight excluding hydrogens is 388 g/mol. The van der Waals surface area contributed by atoms with Crippen molar-refractivity contribution in [1.29, 1.82) is 0 Å². The van der Waals surface area contributed by atoms with Gasteiger partial charge in [-0.1, -0.05) is 84.9 Å². The van der Waals surface area contributed by atoms with Crippen molar-refractivity contribution in [3.8, 4) is 11.4 Å². The van der Waals surface area contributed by atoms with E-state index < -0.39 is 0 Å². The van der Waals surface area contributed by atoms with E-state index >= 15 is 0 Å². The predicted molar refractivity (Wildman–Crippen MR) is 125 cm³/mol. The Morgan fingerprint density at radius 2 is 1.40 bits per heavy atom. The molecule has 0 bridgehead atoms. The Balaban J connectivity index is 1.70. The lowest BCUT2D eigenvalue weighted by atomic mass is 9.98. The van der Waals surface area contributed by atoms with Gasteiger partial charge in [-0.3, -0.25) is 4.90 Å². The molecule has 0 N–H and O–H groups in total. The van der Waals surface area contributed by atoms with Gasteiger partial charge in [-0.2, -0.15) is 5.10 Å². The van der Waals surface area contributed by atoms with E-state index in [0.717, 1.165) is 11.4 Å². The van der Waals surface area contributed by atoms with E-state index in [1.165, 1.54) is 16.7 Å². The smallest absolute Gasteiger partial charge is 0.199 e. The second kappa shape index (κ2) is 8.78. The van der Waals surface area contributed by atoms with Gasteiger partial charge in [-0.25, -0.2) is 4.68 Å². The van der Waals surface area contributed by atoms with Crippen molar-refractivity contribution in [2.75, 3.05) is 7.05 Å². The van der Waals surface area contributed by atoms with Crippen molar-refractivity contribution in [3.63, 3.8) is 0 Å². The van der Waals surface area contributed by atoms with Crippen LogP contribution in [0, 0.1) is 11.7 Å². The summed E-state index contributed by atoms with van der Waals surface area (Å²) in [6, 6.07) is 29.5. The van der Waals surface area contributed by atoms with Crippen LogP contribution in [-0.2, 0) is 13.7 Å². The van der Waals surface area contributed by atoms with Gasteiger partial charge in [-0.05, 0) is 42.9 Å². The van der Waals surface area contributed by atoms with Crippen LogP contribution in [0.1, 0.15) is 22.7 Å². The second-order valence-corrected chi connectivity index (χ2v) is 7.97. The number of nitrogens with zero attached hydrogens (tertiary/aromatic N) is 4. The number of rotatable bonds is 6. The summed E-state index contributed by atoms with van der Waals surface area (Å²) in [5, 5.41) is 4.88. The first-order valence-corrected chi connectivity index (χ1v) is 10.5. The Morgan fingerprint density at radius 3 is 1.97 bits per heavy atom. The van der Waals surface area contributed by atoms with Crippen LogP contribution in [0.2, 0.25) is 0 Å². The third-order valence-electron chi connectivity index (χ3n) is 5.46. The van der Waals surface area contributed by atoms with Gasteiger partial charge >= 0.3 is 0 Å². The fourth-order valence-corrected chi connectivity index (χ4v) is 4.09. The van der Waals surface area contributed by atoms with E-state index in [-0.39, 0.29) is 6.04 Å². The normalized spacial score (nSPS) is 11.4. The second-order valence-electron chi connectivity index (χ2n) is 7.60. The third-order valence-corrected chi connectivity index (χ3v) is 5.94. The SMILES string of the molecule is Cc1ccccc1-c1nn(CN(C)C(c2ccccc2)c2ccccc2)c(=S)n1C. The van der Waals surface area contributed by atoms with E-state index in [1.807, 2.05) is 28.4 Å². The summed E-state index contributed by atoms with van der Waals surface area (Å²) in [4.78, 5) is 2.29. The first-order chi connectivity index (χ1) is 14.6. The molecule has 1 heterocycles. The van der Waals surface area contributed by atoms with Crippen molar-refractivity contribution < 1.29 is 0 Å². The maximum absolute atomic E-state index is 5.73. The summed E-state index contributed by atoms with van der Waals surface area (Å²) in [6.45, 7) is 2.69. The van der Waals surface area contributed by atoms with E-state index in [2.05, 4.69) is 91.7 Å². The van der Waals surface area contributed by atoms with Crippen LogP contribution >= 0.6 is 12.2 Å². The van der Waals surface area contributed by atoms with Crippen LogP contribution in [-0.4, -0.2) is 26.3 Å². The molecule has 30 heavy (non-hydrogen) atoms. The first kappa shape index (κ1) is 20.3. The van der Waals surface area contributed by atoms with Gasteiger partial charge in [0.2, 0.25) is 0 Å². The lowest BCUT2D eigenvalue weighted by Crippen LogP contribution is -2.28. The summed E-state index contributed by atoms with van der Waals surface area (Å²) in [5.41, 5.74) is 4.78. The van der Waals surface area contributed by atoms with Crippen molar-refractivity contribution in [2.24, 2.45) is 7.05 Å². The Morgan fingerprint density at radius 1 is 0.867 bits per heavy atom. The Bertz CT molecular complexity index is 1140. The Kier molecular flexibility index (Phi) is 5.93. The predicted octanol–water partition coefficient (Wildman–Crippen LogP) is 5.61. The molecule has 0 saturated heterocycles. The third kappa shape index (κ3) is 3.99. The van der Waals surface area contributed by atoms with Crippen molar-refractivity contribution >= 4 is 12.2 Å². The molecule has 3 aromatic carbocycles. The molecule has 0 aliphatic carbocycles. The molecule has 0 aliphatic heterocycles. The molecule has 4 aromatic rings. The average Bonchev–Trinajstić information content (AvgIpc) is 3.04. The maximum atomic E-state index is 5.73. The monoisotopic (exact) mass is 414 g/mol. The van der Waals surface area contributed by atoms with Crippen LogP contribution in [0.5, 0.6) is 0 Å². The molecule has 5 heteroatoms. The molecule has 0 aliphatic rings. The molecule has 4 rings (SSSR count). The highest BCUT2D eigenvalue weighted by Crippen LogP contribution is 2.28. The summed E-state index contributed by atoms with van der Waals surface area (Å²) >= 11 is 5.73. The van der Waals surface area contributed by atoms with Gasteiger partial charge in [0.15, 0.2) is 10.6 Å². The van der Waals surface area contributed by atoms with Crippen molar-refractivity contribution in [3.05, 3.63) is 106 Å². The number of aryl methyl sites for hydroxylation is 1. The van der Waals surface area contributed by atoms with Crippen LogP contribution in [0.15, 0.2) is 84.9 Å². The zero-order valence-corrected chi connectivity index (χ0v) is 18.4. The molecule has 0 saturated carbocycles. The Labute approximate surface area is 183 Å². The van der Waals surface area contributed by atoms with Gasteiger partial charge in [0.1, 0.15) is 0 Å². The molecule has 0 radical (unpaired) electrons. The van der Waals surface area contributed by atoms with Gasteiger partial charge < -0.3 is 4.57 Å². The van der Waals surface area contributed by atoms with E-state index in [9.17, 15) is 0 Å². The zero-order valence-electron chi connectivity index (χ0n) is 17.6. The minimum atomic E-state index is 0.109. The molecule has 0 spiro atoms. The summed E-state index contributed by atoms with van der Waals surface area (Å²) in [6.07, 6.45) is 0. The molecule has 0 amide bonds. The van der Waals surface area contributed by atoms with Gasteiger partial charge in [-0.15, -0.1) is 0 Å². The number of benzene rings is 3. The van der Waals surface area contributed by atoms with E-state index in [4.69, 9.17) is 17.3 Å². The van der Waals surface area contributed by atoms with E-state index in [0.29, 0.717) is 11.4 Å². The summed E-state index contributed by atoms with van der Waals surface area (Å²) in [7, 11) is 4.11. The Hall–Kier alpha value is -3.02.